The van der Waals surface area contributed by atoms with Crippen LogP contribution in [0.2, 0.25) is 5.02 Å². The van der Waals surface area contributed by atoms with Crippen LogP contribution in [0, 0.1) is 5.82 Å². The van der Waals surface area contributed by atoms with E-state index in [0.717, 1.165) is 6.07 Å². The van der Waals surface area contributed by atoms with Gasteiger partial charge in [-0.1, -0.05) is 41.9 Å². The smallest absolute Gasteiger partial charge is 0.289 e. The van der Waals surface area contributed by atoms with Crippen LogP contribution in [0.15, 0.2) is 48.5 Å². The number of carbonyl (C=O) groups excluding carboxylic acids is 1. The van der Waals surface area contributed by atoms with Gasteiger partial charge in [-0.05, 0) is 12.1 Å². The van der Waals surface area contributed by atoms with Crippen LogP contribution >= 0.6 is 11.6 Å². The number of halogens is 2. The summed E-state index contributed by atoms with van der Waals surface area (Å²) in [6.45, 7) is 0. The third-order valence-corrected chi connectivity index (χ3v) is 2.89. The highest BCUT2D eigenvalue weighted by Crippen LogP contribution is 2.26. The molecule has 2 N–H and O–H groups in total. The van der Waals surface area contributed by atoms with Gasteiger partial charge < -0.3 is 4.74 Å². The lowest BCUT2D eigenvalue weighted by Gasteiger charge is -2.17. The third-order valence-electron chi connectivity index (χ3n) is 2.60. The highest BCUT2D eigenvalue weighted by atomic mass is 35.5. The minimum atomic E-state index is -1.07. The molecular formula is C14H11ClFNO3. The van der Waals surface area contributed by atoms with Gasteiger partial charge in [0.05, 0.1) is 5.02 Å². The summed E-state index contributed by atoms with van der Waals surface area (Å²) >= 11 is 5.65. The van der Waals surface area contributed by atoms with Crippen molar-refractivity contribution in [2.45, 2.75) is 6.10 Å². The lowest BCUT2D eigenvalue weighted by Crippen LogP contribution is -2.30. The van der Waals surface area contributed by atoms with Gasteiger partial charge in [-0.25, -0.2) is 9.87 Å². The predicted octanol–water partition coefficient (Wildman–Crippen LogP) is 3.10. The summed E-state index contributed by atoms with van der Waals surface area (Å²) in [5, 5.41) is 8.67. The van der Waals surface area contributed by atoms with E-state index in [1.54, 1.807) is 30.3 Å². The van der Waals surface area contributed by atoms with Crippen LogP contribution in [0.25, 0.3) is 0 Å². The average Bonchev–Trinajstić information content (AvgIpc) is 2.48. The summed E-state index contributed by atoms with van der Waals surface area (Å²) in [6, 6.07) is 12.3. The maximum atomic E-state index is 13.1. The normalized spacial score (nSPS) is 11.8. The van der Waals surface area contributed by atoms with Gasteiger partial charge in [0.15, 0.2) is 0 Å². The molecule has 2 rings (SSSR count). The lowest BCUT2D eigenvalue weighted by atomic mass is 10.1. The minimum Gasteiger partial charge on any atom is -0.476 e. The highest BCUT2D eigenvalue weighted by molar-refractivity contribution is 6.30. The molecule has 1 unspecified atom stereocenters. The first-order valence-electron chi connectivity index (χ1n) is 5.72. The Hall–Kier alpha value is -2.11. The molecule has 0 spiro atoms. The molecular weight excluding hydrogens is 285 g/mol. The monoisotopic (exact) mass is 295 g/mol. The molecule has 1 atom stereocenters. The Balaban J connectivity index is 2.28. The van der Waals surface area contributed by atoms with Gasteiger partial charge in [0, 0.05) is 11.6 Å². The van der Waals surface area contributed by atoms with E-state index in [4.69, 9.17) is 21.5 Å². The van der Waals surface area contributed by atoms with Crippen molar-refractivity contribution >= 4 is 17.5 Å². The predicted molar refractivity (Wildman–Crippen MR) is 71.2 cm³/mol. The molecule has 0 fully saturated rings. The molecule has 0 aromatic heterocycles. The Morgan fingerprint density at radius 3 is 2.55 bits per heavy atom. The largest absolute Gasteiger partial charge is 0.476 e. The Labute approximate surface area is 119 Å². The number of amides is 1. The van der Waals surface area contributed by atoms with Gasteiger partial charge >= 0.3 is 0 Å². The van der Waals surface area contributed by atoms with Gasteiger partial charge in [-0.3, -0.25) is 10.0 Å². The number of carbonyl (C=O) groups is 1. The van der Waals surface area contributed by atoms with E-state index < -0.39 is 17.8 Å². The summed E-state index contributed by atoms with van der Waals surface area (Å²) in [5.41, 5.74) is 2.08. The standard InChI is InChI=1S/C14H11ClFNO3/c15-11-8-10(6-7-12(11)16)20-13(14(18)17-19)9-4-2-1-3-5-9/h1-8,13,19H,(H,17,18). The van der Waals surface area contributed by atoms with Crippen LogP contribution in [-0.4, -0.2) is 11.1 Å². The first-order valence-corrected chi connectivity index (χ1v) is 6.10. The maximum absolute atomic E-state index is 13.1. The van der Waals surface area contributed by atoms with Crippen LogP contribution < -0.4 is 10.2 Å². The Kier molecular flexibility index (Phi) is 4.55. The van der Waals surface area contributed by atoms with Gasteiger partial charge in [0.25, 0.3) is 5.91 Å². The molecule has 0 aliphatic heterocycles. The third kappa shape index (κ3) is 3.26. The van der Waals surface area contributed by atoms with Crippen molar-refractivity contribution < 1.29 is 19.1 Å². The molecule has 0 aliphatic rings. The summed E-state index contributed by atoms with van der Waals surface area (Å²) in [7, 11) is 0. The molecule has 4 nitrogen and oxygen atoms in total. The first-order chi connectivity index (χ1) is 9.61. The van der Waals surface area contributed by atoms with E-state index in [0.29, 0.717) is 5.56 Å². The van der Waals surface area contributed by atoms with Crippen molar-refractivity contribution in [2.75, 3.05) is 0 Å². The number of nitrogens with one attached hydrogen (secondary N) is 1. The summed E-state index contributed by atoms with van der Waals surface area (Å²) in [5.74, 6) is -1.10. The zero-order chi connectivity index (χ0) is 14.5. The zero-order valence-electron chi connectivity index (χ0n) is 10.2. The first kappa shape index (κ1) is 14.3. The maximum Gasteiger partial charge on any atom is 0.289 e. The molecule has 104 valence electrons. The van der Waals surface area contributed by atoms with E-state index in [-0.39, 0.29) is 10.8 Å². The van der Waals surface area contributed by atoms with Crippen molar-refractivity contribution in [3.63, 3.8) is 0 Å². The Morgan fingerprint density at radius 1 is 1.25 bits per heavy atom. The van der Waals surface area contributed by atoms with Crippen molar-refractivity contribution in [1.29, 1.82) is 0 Å². The minimum absolute atomic E-state index is 0.112. The summed E-state index contributed by atoms with van der Waals surface area (Å²) in [4.78, 5) is 11.7. The number of ether oxygens (including phenoxy) is 1. The van der Waals surface area contributed by atoms with Crippen LogP contribution in [0.3, 0.4) is 0 Å². The number of benzene rings is 2. The molecule has 0 saturated heterocycles. The summed E-state index contributed by atoms with van der Waals surface area (Å²) in [6.07, 6.45) is -1.07. The van der Waals surface area contributed by atoms with E-state index in [1.165, 1.54) is 17.6 Å². The van der Waals surface area contributed by atoms with Gasteiger partial charge in [-0.2, -0.15) is 0 Å². The molecule has 2 aromatic carbocycles. The van der Waals surface area contributed by atoms with Crippen LogP contribution in [0.4, 0.5) is 4.39 Å². The molecule has 0 heterocycles. The topological polar surface area (TPSA) is 58.6 Å². The number of hydrogen-bond donors (Lipinski definition) is 2. The number of hydroxylamine groups is 1. The highest BCUT2D eigenvalue weighted by Gasteiger charge is 2.22. The Bertz CT molecular complexity index is 607. The number of hydrogen-bond acceptors (Lipinski definition) is 3. The van der Waals surface area contributed by atoms with Crippen molar-refractivity contribution in [3.8, 4) is 5.75 Å². The number of rotatable bonds is 4. The average molecular weight is 296 g/mol. The molecule has 6 heteroatoms. The van der Waals surface area contributed by atoms with Crippen molar-refractivity contribution in [2.24, 2.45) is 0 Å². The van der Waals surface area contributed by atoms with E-state index in [1.807, 2.05) is 0 Å². The van der Waals surface area contributed by atoms with E-state index in [9.17, 15) is 9.18 Å². The fraction of sp³-hybridized carbons (Fsp3) is 0.0714. The lowest BCUT2D eigenvalue weighted by molar-refractivity contribution is -0.136. The second-order valence-electron chi connectivity index (χ2n) is 3.96. The molecule has 0 radical (unpaired) electrons. The molecule has 0 aliphatic carbocycles. The molecule has 20 heavy (non-hydrogen) atoms. The van der Waals surface area contributed by atoms with Gasteiger partial charge in [0.1, 0.15) is 11.6 Å². The quantitative estimate of drug-likeness (QED) is 0.673. The van der Waals surface area contributed by atoms with Gasteiger partial charge in [-0.15, -0.1) is 0 Å². The van der Waals surface area contributed by atoms with Gasteiger partial charge in [0.2, 0.25) is 6.10 Å². The second kappa shape index (κ2) is 6.36. The van der Waals surface area contributed by atoms with Crippen LogP contribution in [0.5, 0.6) is 5.75 Å². The van der Waals surface area contributed by atoms with E-state index >= 15 is 0 Å². The SMILES string of the molecule is O=C(NO)C(Oc1ccc(F)c(Cl)c1)c1ccccc1. The molecule has 2 aromatic rings. The van der Waals surface area contributed by atoms with Crippen LogP contribution in [-0.2, 0) is 4.79 Å². The van der Waals surface area contributed by atoms with Crippen molar-refractivity contribution in [3.05, 3.63) is 64.9 Å². The zero-order valence-corrected chi connectivity index (χ0v) is 11.0. The summed E-state index contributed by atoms with van der Waals surface area (Å²) < 4.78 is 18.5. The van der Waals surface area contributed by atoms with E-state index in [2.05, 4.69) is 0 Å². The fourth-order valence-electron chi connectivity index (χ4n) is 1.65. The molecule has 0 bridgehead atoms. The molecule has 0 saturated carbocycles. The second-order valence-corrected chi connectivity index (χ2v) is 4.37. The fourth-order valence-corrected chi connectivity index (χ4v) is 1.82. The molecule has 1 amide bonds. The Morgan fingerprint density at radius 2 is 1.95 bits per heavy atom. The van der Waals surface area contributed by atoms with Crippen LogP contribution in [0.1, 0.15) is 11.7 Å². The van der Waals surface area contributed by atoms with Crippen molar-refractivity contribution in [1.82, 2.24) is 5.48 Å².